The first kappa shape index (κ1) is 15.2. The van der Waals surface area contributed by atoms with Gasteiger partial charge in [0.15, 0.2) is 0 Å². The van der Waals surface area contributed by atoms with Crippen molar-refractivity contribution >= 4 is 11.6 Å². The minimum absolute atomic E-state index is 0.0718. The van der Waals surface area contributed by atoms with Crippen molar-refractivity contribution in [1.29, 1.82) is 0 Å². The van der Waals surface area contributed by atoms with Gasteiger partial charge in [-0.05, 0) is 30.2 Å². The van der Waals surface area contributed by atoms with Gasteiger partial charge in [-0.15, -0.1) is 0 Å². The normalized spacial score (nSPS) is 11.2. The summed E-state index contributed by atoms with van der Waals surface area (Å²) in [4.78, 5) is 16.8. The maximum absolute atomic E-state index is 12.4. The number of para-hydroxylation sites is 1. The molecule has 1 N–H and O–H groups in total. The Morgan fingerprint density at radius 2 is 1.90 bits per heavy atom. The van der Waals surface area contributed by atoms with Crippen LogP contribution in [-0.2, 0) is 11.8 Å². The zero-order valence-corrected chi connectivity index (χ0v) is 13.1. The van der Waals surface area contributed by atoms with Crippen molar-refractivity contribution in [1.82, 2.24) is 4.98 Å². The summed E-state index contributed by atoms with van der Waals surface area (Å²) in [5.41, 5.74) is 3.49. The van der Waals surface area contributed by atoms with Gasteiger partial charge in [0.25, 0.3) is 5.91 Å². The number of nitrogens with zero attached hydrogens (tertiary/aromatic N) is 1. The van der Waals surface area contributed by atoms with Crippen molar-refractivity contribution < 1.29 is 4.79 Å². The quantitative estimate of drug-likeness (QED) is 0.917. The number of aromatic nitrogens is 1. The molecule has 1 aromatic heterocycles. The molecule has 2 rings (SSSR count). The summed E-state index contributed by atoms with van der Waals surface area (Å²) in [6.45, 7) is 8.34. The van der Waals surface area contributed by atoms with E-state index in [2.05, 4.69) is 38.0 Å². The molecule has 1 heterocycles. The highest BCUT2D eigenvalue weighted by Crippen LogP contribution is 2.21. The fourth-order valence-electron chi connectivity index (χ4n) is 2.13. The van der Waals surface area contributed by atoms with Crippen LogP contribution in [0, 0.1) is 0 Å². The second-order valence-corrected chi connectivity index (χ2v) is 6.14. The molecule has 0 saturated heterocycles. The van der Waals surface area contributed by atoms with Gasteiger partial charge in [0, 0.05) is 28.6 Å². The van der Waals surface area contributed by atoms with E-state index in [0.717, 1.165) is 23.4 Å². The second-order valence-electron chi connectivity index (χ2n) is 6.14. The number of hydrogen-bond donors (Lipinski definition) is 1. The highest BCUT2D eigenvalue weighted by Gasteiger charge is 2.17. The Labute approximate surface area is 126 Å². The number of carbonyl (C=O) groups excluding carboxylic acids is 1. The molecule has 0 unspecified atom stereocenters. The number of nitrogens with one attached hydrogen (secondary N) is 1. The fourth-order valence-corrected chi connectivity index (χ4v) is 2.13. The second kappa shape index (κ2) is 6.08. The van der Waals surface area contributed by atoms with Crippen molar-refractivity contribution in [3.8, 4) is 0 Å². The van der Waals surface area contributed by atoms with Gasteiger partial charge < -0.3 is 5.32 Å². The summed E-state index contributed by atoms with van der Waals surface area (Å²) >= 11 is 0. The first-order valence-electron chi connectivity index (χ1n) is 7.27. The molecule has 3 heteroatoms. The Kier molecular flexibility index (Phi) is 4.41. The molecule has 1 aromatic carbocycles. The fraction of sp³-hybridized carbons (Fsp3) is 0.333. The van der Waals surface area contributed by atoms with Gasteiger partial charge in [-0.2, -0.15) is 0 Å². The van der Waals surface area contributed by atoms with E-state index in [-0.39, 0.29) is 11.3 Å². The van der Waals surface area contributed by atoms with Crippen LogP contribution in [0.25, 0.3) is 0 Å². The first-order chi connectivity index (χ1) is 9.91. The van der Waals surface area contributed by atoms with E-state index in [1.54, 1.807) is 12.3 Å². The third kappa shape index (κ3) is 3.69. The number of benzene rings is 1. The van der Waals surface area contributed by atoms with E-state index < -0.39 is 0 Å². The van der Waals surface area contributed by atoms with Crippen molar-refractivity contribution in [3.63, 3.8) is 0 Å². The van der Waals surface area contributed by atoms with Crippen LogP contribution in [0.5, 0.6) is 0 Å². The average molecular weight is 282 g/mol. The maximum Gasteiger partial charge on any atom is 0.255 e. The molecular formula is C18H22N2O. The minimum atomic E-state index is -0.0937. The number of carbonyl (C=O) groups is 1. The summed E-state index contributed by atoms with van der Waals surface area (Å²) in [6, 6.07) is 11.5. The standard InChI is InChI=1S/C18H22N2O/c1-5-13-8-6-7-9-15(13)20-17(21)14-10-11-19-16(12-14)18(2,3)4/h6-12H,5H2,1-4H3,(H,20,21). The van der Waals surface area contributed by atoms with Crippen molar-refractivity contribution in [3.05, 3.63) is 59.4 Å². The Bertz CT molecular complexity index is 642. The van der Waals surface area contributed by atoms with Gasteiger partial charge >= 0.3 is 0 Å². The molecule has 0 saturated carbocycles. The number of anilines is 1. The monoisotopic (exact) mass is 282 g/mol. The molecule has 0 bridgehead atoms. The highest BCUT2D eigenvalue weighted by molar-refractivity contribution is 6.04. The Morgan fingerprint density at radius 3 is 2.57 bits per heavy atom. The molecule has 0 spiro atoms. The topological polar surface area (TPSA) is 42.0 Å². The predicted molar refractivity (Wildman–Crippen MR) is 86.7 cm³/mol. The Balaban J connectivity index is 2.25. The summed E-state index contributed by atoms with van der Waals surface area (Å²) in [5.74, 6) is -0.0937. The van der Waals surface area contributed by atoms with Gasteiger partial charge in [-0.25, -0.2) is 0 Å². The molecular weight excluding hydrogens is 260 g/mol. The summed E-state index contributed by atoms with van der Waals surface area (Å²) < 4.78 is 0. The van der Waals surface area contributed by atoms with Gasteiger partial charge in [0.1, 0.15) is 0 Å². The Morgan fingerprint density at radius 1 is 1.19 bits per heavy atom. The lowest BCUT2D eigenvalue weighted by Crippen LogP contribution is -2.17. The van der Waals surface area contributed by atoms with Crippen molar-refractivity contribution in [2.45, 2.75) is 39.5 Å². The van der Waals surface area contributed by atoms with Crippen molar-refractivity contribution in [2.24, 2.45) is 0 Å². The molecule has 0 aliphatic rings. The Hall–Kier alpha value is -2.16. The van der Waals surface area contributed by atoms with E-state index in [1.807, 2.05) is 30.3 Å². The van der Waals surface area contributed by atoms with Crippen LogP contribution in [0.15, 0.2) is 42.6 Å². The van der Waals surface area contributed by atoms with E-state index in [0.29, 0.717) is 5.56 Å². The maximum atomic E-state index is 12.4. The SMILES string of the molecule is CCc1ccccc1NC(=O)c1ccnc(C(C)(C)C)c1. The van der Waals surface area contributed by atoms with Crippen LogP contribution < -0.4 is 5.32 Å². The van der Waals surface area contributed by atoms with Crippen LogP contribution in [0.4, 0.5) is 5.69 Å². The molecule has 0 aliphatic carbocycles. The van der Waals surface area contributed by atoms with Gasteiger partial charge in [-0.3, -0.25) is 9.78 Å². The van der Waals surface area contributed by atoms with Crippen LogP contribution in [0.1, 0.15) is 49.3 Å². The summed E-state index contributed by atoms with van der Waals surface area (Å²) in [6.07, 6.45) is 2.58. The summed E-state index contributed by atoms with van der Waals surface area (Å²) in [5, 5.41) is 2.99. The molecule has 3 nitrogen and oxygen atoms in total. The lowest BCUT2D eigenvalue weighted by Gasteiger charge is -2.18. The number of pyridine rings is 1. The van der Waals surface area contributed by atoms with E-state index in [9.17, 15) is 4.79 Å². The lowest BCUT2D eigenvalue weighted by atomic mass is 9.91. The zero-order chi connectivity index (χ0) is 15.5. The van der Waals surface area contributed by atoms with Crippen molar-refractivity contribution in [2.75, 3.05) is 5.32 Å². The molecule has 21 heavy (non-hydrogen) atoms. The van der Waals surface area contributed by atoms with Crippen LogP contribution in [0.2, 0.25) is 0 Å². The molecule has 1 amide bonds. The van der Waals surface area contributed by atoms with Crippen LogP contribution >= 0.6 is 0 Å². The van der Waals surface area contributed by atoms with Gasteiger partial charge in [0.2, 0.25) is 0 Å². The molecule has 0 atom stereocenters. The lowest BCUT2D eigenvalue weighted by molar-refractivity contribution is 0.102. The zero-order valence-electron chi connectivity index (χ0n) is 13.1. The first-order valence-corrected chi connectivity index (χ1v) is 7.27. The largest absolute Gasteiger partial charge is 0.322 e. The van der Waals surface area contributed by atoms with Crippen LogP contribution in [-0.4, -0.2) is 10.9 Å². The predicted octanol–water partition coefficient (Wildman–Crippen LogP) is 4.19. The smallest absolute Gasteiger partial charge is 0.255 e. The molecule has 0 radical (unpaired) electrons. The third-order valence-corrected chi connectivity index (χ3v) is 3.44. The molecule has 0 fully saturated rings. The molecule has 110 valence electrons. The molecule has 0 aliphatic heterocycles. The van der Waals surface area contributed by atoms with Gasteiger partial charge in [-0.1, -0.05) is 45.9 Å². The van der Waals surface area contributed by atoms with Gasteiger partial charge in [0.05, 0.1) is 0 Å². The number of rotatable bonds is 3. The average Bonchev–Trinajstić information content (AvgIpc) is 2.47. The minimum Gasteiger partial charge on any atom is -0.322 e. The van der Waals surface area contributed by atoms with E-state index >= 15 is 0 Å². The number of aryl methyl sites for hydroxylation is 1. The van der Waals surface area contributed by atoms with Crippen LogP contribution in [0.3, 0.4) is 0 Å². The highest BCUT2D eigenvalue weighted by atomic mass is 16.1. The number of hydrogen-bond acceptors (Lipinski definition) is 2. The van der Waals surface area contributed by atoms with E-state index in [4.69, 9.17) is 0 Å². The third-order valence-electron chi connectivity index (χ3n) is 3.44. The van der Waals surface area contributed by atoms with E-state index in [1.165, 1.54) is 0 Å². The number of amides is 1. The summed E-state index contributed by atoms with van der Waals surface area (Å²) in [7, 11) is 0. The molecule has 2 aromatic rings.